The van der Waals surface area contributed by atoms with E-state index < -0.39 is 47.4 Å². The van der Waals surface area contributed by atoms with E-state index in [-0.39, 0.29) is 25.7 Å². The SMILES string of the molecule is CCCN(CC(=O)N(Cc1ccccc1)Cc1cccn1C)C(=O)c1cc(C(F)(F)F)cc(C(F)(F)F)c1. The fraction of sp³-hybridized carbons (Fsp3) is 0.333. The number of aryl methyl sites for hydroxylation is 1. The summed E-state index contributed by atoms with van der Waals surface area (Å²) in [6.07, 6.45) is -8.05. The number of alkyl halides is 6. The molecule has 1 heterocycles. The maximum absolute atomic E-state index is 13.4. The summed E-state index contributed by atoms with van der Waals surface area (Å²) in [5.41, 5.74) is -2.35. The summed E-state index contributed by atoms with van der Waals surface area (Å²) in [6.45, 7) is 1.52. The standard InChI is InChI=1S/C27H27F6N3O2/c1-3-11-35(25(38)20-13-21(26(28,29)30)15-22(14-20)27(31,32)33)18-24(37)36(16-19-8-5-4-6-9-19)17-23-10-7-12-34(23)2/h4-10,12-15H,3,11,16-18H2,1-2H3. The molecule has 0 N–H and O–H groups in total. The molecule has 0 aliphatic rings. The monoisotopic (exact) mass is 539 g/mol. The van der Waals surface area contributed by atoms with Crippen LogP contribution >= 0.6 is 0 Å². The molecule has 0 aliphatic carbocycles. The van der Waals surface area contributed by atoms with E-state index in [1.165, 1.54) is 4.90 Å². The molecule has 5 nitrogen and oxygen atoms in total. The summed E-state index contributed by atoms with van der Waals surface area (Å²) in [5.74, 6) is -1.59. The average molecular weight is 540 g/mol. The van der Waals surface area contributed by atoms with Gasteiger partial charge in [0.05, 0.1) is 17.7 Å². The molecule has 0 radical (unpaired) electrons. The van der Waals surface area contributed by atoms with Gasteiger partial charge in [-0.1, -0.05) is 37.3 Å². The van der Waals surface area contributed by atoms with Crippen LogP contribution in [-0.4, -0.2) is 39.3 Å². The highest BCUT2D eigenvalue weighted by molar-refractivity contribution is 5.97. The van der Waals surface area contributed by atoms with Crippen molar-refractivity contribution >= 4 is 11.8 Å². The van der Waals surface area contributed by atoms with Crippen molar-refractivity contribution in [2.45, 2.75) is 38.8 Å². The third kappa shape index (κ3) is 7.39. The molecule has 0 aliphatic heterocycles. The Morgan fingerprint density at radius 1 is 0.816 bits per heavy atom. The number of rotatable bonds is 9. The fourth-order valence-electron chi connectivity index (χ4n) is 3.94. The van der Waals surface area contributed by atoms with E-state index in [1.807, 2.05) is 28.8 Å². The maximum atomic E-state index is 13.4. The number of carbonyl (C=O) groups is 2. The molecule has 0 spiro atoms. The van der Waals surface area contributed by atoms with Gasteiger partial charge in [-0.05, 0) is 42.3 Å². The van der Waals surface area contributed by atoms with Crippen LogP contribution in [0.15, 0.2) is 66.9 Å². The first-order chi connectivity index (χ1) is 17.8. The van der Waals surface area contributed by atoms with Crippen LogP contribution in [0.2, 0.25) is 0 Å². The van der Waals surface area contributed by atoms with Gasteiger partial charge in [-0.2, -0.15) is 26.3 Å². The minimum Gasteiger partial charge on any atom is -0.353 e. The summed E-state index contributed by atoms with van der Waals surface area (Å²) in [4.78, 5) is 29.1. The third-order valence-corrected chi connectivity index (χ3v) is 5.91. The topological polar surface area (TPSA) is 45.6 Å². The van der Waals surface area contributed by atoms with Crippen LogP contribution < -0.4 is 0 Å². The highest BCUT2D eigenvalue weighted by Gasteiger charge is 2.38. The van der Waals surface area contributed by atoms with E-state index in [2.05, 4.69) is 0 Å². The summed E-state index contributed by atoms with van der Waals surface area (Å²) < 4.78 is 81.8. The second-order valence-corrected chi connectivity index (χ2v) is 8.87. The Balaban J connectivity index is 1.92. The minimum absolute atomic E-state index is 0.0342. The number of nitrogens with zero attached hydrogens (tertiary/aromatic N) is 3. The van der Waals surface area contributed by atoms with E-state index in [4.69, 9.17) is 0 Å². The predicted octanol–water partition coefficient (Wildman–Crippen LogP) is 6.14. The van der Waals surface area contributed by atoms with Gasteiger partial charge >= 0.3 is 12.4 Å². The highest BCUT2D eigenvalue weighted by Crippen LogP contribution is 2.36. The number of amides is 2. The lowest BCUT2D eigenvalue weighted by molar-refractivity contribution is -0.143. The van der Waals surface area contributed by atoms with Crippen LogP contribution in [-0.2, 0) is 37.3 Å². The van der Waals surface area contributed by atoms with Gasteiger partial charge in [0.15, 0.2) is 0 Å². The van der Waals surface area contributed by atoms with Crippen LogP contribution in [0.5, 0.6) is 0 Å². The quantitative estimate of drug-likeness (QED) is 0.307. The summed E-state index contributed by atoms with van der Waals surface area (Å²) in [5, 5.41) is 0. The molecule has 1 aromatic heterocycles. The molecular weight excluding hydrogens is 512 g/mol. The number of benzene rings is 2. The molecule has 0 unspecified atom stereocenters. The molecule has 3 rings (SSSR count). The maximum Gasteiger partial charge on any atom is 0.416 e. The van der Waals surface area contributed by atoms with Crippen molar-refractivity contribution in [1.29, 1.82) is 0 Å². The highest BCUT2D eigenvalue weighted by atomic mass is 19.4. The Bertz CT molecular complexity index is 1220. The van der Waals surface area contributed by atoms with Gasteiger partial charge < -0.3 is 14.4 Å². The molecule has 204 valence electrons. The van der Waals surface area contributed by atoms with E-state index in [0.29, 0.717) is 18.6 Å². The molecule has 0 atom stereocenters. The van der Waals surface area contributed by atoms with E-state index in [0.717, 1.165) is 16.2 Å². The molecule has 2 aromatic carbocycles. The average Bonchev–Trinajstić information content (AvgIpc) is 3.26. The van der Waals surface area contributed by atoms with Crippen LogP contribution in [0.3, 0.4) is 0 Å². The van der Waals surface area contributed by atoms with Crippen LogP contribution in [0.4, 0.5) is 26.3 Å². The minimum atomic E-state index is -5.09. The van der Waals surface area contributed by atoms with Gasteiger partial charge in [-0.25, -0.2) is 0 Å². The van der Waals surface area contributed by atoms with Gasteiger partial charge in [0, 0.05) is 37.6 Å². The van der Waals surface area contributed by atoms with Crippen LogP contribution in [0.1, 0.15) is 46.1 Å². The lowest BCUT2D eigenvalue weighted by atomic mass is 10.0. The number of hydrogen-bond acceptors (Lipinski definition) is 2. The summed E-state index contributed by atoms with van der Waals surface area (Å²) in [7, 11) is 1.80. The van der Waals surface area contributed by atoms with E-state index in [1.54, 1.807) is 38.4 Å². The summed E-state index contributed by atoms with van der Waals surface area (Å²) in [6, 6.07) is 13.4. The smallest absolute Gasteiger partial charge is 0.353 e. The Hall–Kier alpha value is -3.76. The number of halogens is 6. The first kappa shape index (κ1) is 28.8. The molecule has 0 saturated heterocycles. The van der Waals surface area contributed by atoms with Gasteiger partial charge in [-0.3, -0.25) is 9.59 Å². The zero-order valence-corrected chi connectivity index (χ0v) is 20.8. The molecule has 0 bridgehead atoms. The Morgan fingerprint density at radius 2 is 1.42 bits per heavy atom. The van der Waals surface area contributed by atoms with Gasteiger partial charge in [0.1, 0.15) is 6.54 Å². The molecule has 11 heteroatoms. The van der Waals surface area contributed by atoms with Crippen LogP contribution in [0.25, 0.3) is 0 Å². The largest absolute Gasteiger partial charge is 0.416 e. The lowest BCUT2D eigenvalue weighted by Gasteiger charge is -2.28. The van der Waals surface area contributed by atoms with Gasteiger partial charge in [0.25, 0.3) is 5.91 Å². The van der Waals surface area contributed by atoms with Gasteiger partial charge in [0.2, 0.25) is 5.91 Å². The van der Waals surface area contributed by atoms with Crippen molar-refractivity contribution in [2.24, 2.45) is 7.05 Å². The van der Waals surface area contributed by atoms with E-state index >= 15 is 0 Å². The molecule has 0 saturated carbocycles. The Morgan fingerprint density at radius 3 is 1.92 bits per heavy atom. The molecular formula is C27H27F6N3O2. The molecule has 38 heavy (non-hydrogen) atoms. The van der Waals surface area contributed by atoms with Gasteiger partial charge in [-0.15, -0.1) is 0 Å². The lowest BCUT2D eigenvalue weighted by Crippen LogP contribution is -2.43. The number of carbonyl (C=O) groups excluding carboxylic acids is 2. The third-order valence-electron chi connectivity index (χ3n) is 5.91. The normalized spacial score (nSPS) is 11.9. The fourth-order valence-corrected chi connectivity index (χ4v) is 3.94. The zero-order valence-electron chi connectivity index (χ0n) is 20.8. The predicted molar refractivity (Wildman–Crippen MR) is 129 cm³/mol. The molecule has 3 aromatic rings. The second kappa shape index (κ2) is 11.7. The molecule has 2 amide bonds. The number of aromatic nitrogens is 1. The van der Waals surface area contributed by atoms with Crippen molar-refractivity contribution in [3.63, 3.8) is 0 Å². The molecule has 0 fully saturated rings. The van der Waals surface area contributed by atoms with Crippen LogP contribution in [0, 0.1) is 0 Å². The van der Waals surface area contributed by atoms with Crippen molar-refractivity contribution in [3.05, 3.63) is 94.8 Å². The Labute approximate surface area is 216 Å². The second-order valence-electron chi connectivity index (χ2n) is 8.87. The van der Waals surface area contributed by atoms with Crippen molar-refractivity contribution in [2.75, 3.05) is 13.1 Å². The number of hydrogen-bond donors (Lipinski definition) is 0. The van der Waals surface area contributed by atoms with Crippen molar-refractivity contribution in [3.8, 4) is 0 Å². The summed E-state index contributed by atoms with van der Waals surface area (Å²) >= 11 is 0. The first-order valence-corrected chi connectivity index (χ1v) is 11.8. The zero-order chi connectivity index (χ0) is 28.1. The Kier molecular flexibility index (Phi) is 8.90. The van der Waals surface area contributed by atoms with Crippen molar-refractivity contribution < 1.29 is 35.9 Å². The van der Waals surface area contributed by atoms with E-state index in [9.17, 15) is 35.9 Å². The van der Waals surface area contributed by atoms with Crippen molar-refractivity contribution in [1.82, 2.24) is 14.4 Å². The first-order valence-electron chi connectivity index (χ1n) is 11.8.